The van der Waals surface area contributed by atoms with Crippen molar-refractivity contribution in [2.24, 2.45) is 5.92 Å². The Balaban J connectivity index is 2.21. The maximum absolute atomic E-state index is 12.2. The van der Waals surface area contributed by atoms with E-state index < -0.39 is 0 Å². The highest BCUT2D eigenvalue weighted by Gasteiger charge is 2.36. The largest absolute Gasteiger partial charge is 0.495 e. The van der Waals surface area contributed by atoms with Gasteiger partial charge >= 0.3 is 0 Å². The third-order valence-electron chi connectivity index (χ3n) is 3.55. The molecule has 1 fully saturated rings. The molecule has 2 amide bonds. The molecule has 0 unspecified atom stereocenters. The molecule has 0 bridgehead atoms. The summed E-state index contributed by atoms with van der Waals surface area (Å²) in [6.07, 6.45) is 0.246. The Morgan fingerprint density at radius 1 is 1.43 bits per heavy atom. The smallest absolute Gasteiger partial charge is 0.227 e. The fourth-order valence-electron chi connectivity index (χ4n) is 2.53. The van der Waals surface area contributed by atoms with Crippen molar-refractivity contribution in [3.05, 3.63) is 23.8 Å². The normalized spacial score (nSPS) is 18.2. The zero-order valence-corrected chi connectivity index (χ0v) is 13.0. The summed E-state index contributed by atoms with van der Waals surface area (Å²) in [6.45, 7) is 6.19. The molecule has 1 aromatic carbocycles. The van der Waals surface area contributed by atoms with Crippen LogP contribution in [-0.4, -0.2) is 31.5 Å². The number of hydrogen-bond acceptors (Lipinski definition) is 3. The lowest BCUT2D eigenvalue weighted by Crippen LogP contribution is -2.37. The lowest BCUT2D eigenvalue weighted by molar-refractivity contribution is -0.126. The van der Waals surface area contributed by atoms with Gasteiger partial charge in [-0.1, -0.05) is 6.07 Å². The third-order valence-corrected chi connectivity index (χ3v) is 3.55. The summed E-state index contributed by atoms with van der Waals surface area (Å²) in [5.41, 5.74) is 1.79. The molecule has 0 aromatic heterocycles. The molecule has 21 heavy (non-hydrogen) atoms. The average Bonchev–Trinajstić information content (AvgIpc) is 2.80. The van der Waals surface area contributed by atoms with Crippen LogP contribution in [0.15, 0.2) is 18.2 Å². The first-order valence-electron chi connectivity index (χ1n) is 7.17. The van der Waals surface area contributed by atoms with Crippen LogP contribution in [0.5, 0.6) is 5.75 Å². The first-order chi connectivity index (χ1) is 9.92. The predicted molar refractivity (Wildman–Crippen MR) is 81.5 cm³/mol. The van der Waals surface area contributed by atoms with Gasteiger partial charge in [-0.3, -0.25) is 9.59 Å². The second-order valence-corrected chi connectivity index (χ2v) is 5.74. The van der Waals surface area contributed by atoms with Gasteiger partial charge in [-0.25, -0.2) is 0 Å². The van der Waals surface area contributed by atoms with Crippen LogP contribution in [0, 0.1) is 12.8 Å². The number of aryl methyl sites for hydroxylation is 1. The number of hydrogen-bond donors (Lipinski definition) is 1. The Hall–Kier alpha value is -2.04. The Bertz CT molecular complexity index is 554. The summed E-state index contributed by atoms with van der Waals surface area (Å²) in [5, 5.41) is 2.87. The minimum atomic E-state index is -0.301. The maximum atomic E-state index is 12.2. The van der Waals surface area contributed by atoms with Crippen molar-refractivity contribution in [2.75, 3.05) is 18.6 Å². The van der Waals surface area contributed by atoms with Crippen LogP contribution < -0.4 is 15.0 Å². The number of nitrogens with one attached hydrogen (secondary N) is 1. The minimum Gasteiger partial charge on any atom is -0.495 e. The summed E-state index contributed by atoms with van der Waals surface area (Å²) >= 11 is 0. The van der Waals surface area contributed by atoms with Crippen LogP contribution in [0.4, 0.5) is 5.69 Å². The number of ether oxygens (including phenoxy) is 1. The van der Waals surface area contributed by atoms with Crippen LogP contribution >= 0.6 is 0 Å². The Labute approximate surface area is 125 Å². The first kappa shape index (κ1) is 15.4. The number of rotatable bonds is 4. The van der Waals surface area contributed by atoms with Crippen LogP contribution in [0.2, 0.25) is 0 Å². The second-order valence-electron chi connectivity index (χ2n) is 5.74. The molecule has 1 N–H and O–H groups in total. The zero-order chi connectivity index (χ0) is 15.6. The van der Waals surface area contributed by atoms with E-state index in [1.807, 2.05) is 39.0 Å². The van der Waals surface area contributed by atoms with Gasteiger partial charge in [0.15, 0.2) is 0 Å². The maximum Gasteiger partial charge on any atom is 0.227 e. The Kier molecular flexibility index (Phi) is 4.50. The highest BCUT2D eigenvalue weighted by molar-refractivity contribution is 6.01. The van der Waals surface area contributed by atoms with Crippen molar-refractivity contribution in [1.29, 1.82) is 0 Å². The van der Waals surface area contributed by atoms with E-state index in [1.54, 1.807) is 12.0 Å². The molecule has 0 saturated carbocycles. The fourth-order valence-corrected chi connectivity index (χ4v) is 2.53. The lowest BCUT2D eigenvalue weighted by atomic mass is 10.1. The molecule has 1 atom stereocenters. The molecule has 2 rings (SSSR count). The number of amides is 2. The quantitative estimate of drug-likeness (QED) is 0.921. The fraction of sp³-hybridized carbons (Fsp3) is 0.500. The predicted octanol–water partition coefficient (Wildman–Crippen LogP) is 1.88. The SMILES string of the molecule is COc1ccc(C)cc1N1C[C@H](C(=O)NC(C)C)CC1=O. The van der Waals surface area contributed by atoms with E-state index >= 15 is 0 Å². The molecule has 1 heterocycles. The van der Waals surface area contributed by atoms with E-state index in [-0.39, 0.29) is 30.2 Å². The number of carbonyl (C=O) groups is 2. The molecule has 1 aliphatic heterocycles. The van der Waals surface area contributed by atoms with Crippen molar-refractivity contribution in [2.45, 2.75) is 33.2 Å². The van der Waals surface area contributed by atoms with Crippen molar-refractivity contribution in [3.8, 4) is 5.75 Å². The van der Waals surface area contributed by atoms with Gasteiger partial charge in [0.2, 0.25) is 11.8 Å². The molecule has 0 spiro atoms. The van der Waals surface area contributed by atoms with E-state index in [4.69, 9.17) is 4.74 Å². The molecular formula is C16H22N2O3. The molecule has 5 nitrogen and oxygen atoms in total. The van der Waals surface area contributed by atoms with Gasteiger partial charge in [0.05, 0.1) is 18.7 Å². The highest BCUT2D eigenvalue weighted by Crippen LogP contribution is 2.33. The van der Waals surface area contributed by atoms with Gasteiger partial charge in [-0.2, -0.15) is 0 Å². The van der Waals surface area contributed by atoms with Crippen LogP contribution in [0.25, 0.3) is 0 Å². The molecule has 1 aromatic rings. The van der Waals surface area contributed by atoms with Crippen molar-refractivity contribution in [3.63, 3.8) is 0 Å². The van der Waals surface area contributed by atoms with Gasteiger partial charge < -0.3 is 15.0 Å². The van der Waals surface area contributed by atoms with E-state index in [9.17, 15) is 9.59 Å². The Morgan fingerprint density at radius 3 is 2.76 bits per heavy atom. The number of benzene rings is 1. The number of carbonyl (C=O) groups excluding carboxylic acids is 2. The monoisotopic (exact) mass is 290 g/mol. The van der Waals surface area contributed by atoms with Gasteiger partial charge in [-0.15, -0.1) is 0 Å². The summed E-state index contributed by atoms with van der Waals surface area (Å²) in [7, 11) is 1.58. The van der Waals surface area contributed by atoms with Gasteiger partial charge in [0.1, 0.15) is 5.75 Å². The van der Waals surface area contributed by atoms with Crippen LogP contribution in [0.1, 0.15) is 25.8 Å². The topological polar surface area (TPSA) is 58.6 Å². The highest BCUT2D eigenvalue weighted by atomic mass is 16.5. The van der Waals surface area contributed by atoms with Crippen LogP contribution in [0.3, 0.4) is 0 Å². The number of anilines is 1. The summed E-state index contributed by atoms with van der Waals surface area (Å²) in [4.78, 5) is 26.0. The van der Waals surface area contributed by atoms with E-state index in [2.05, 4.69) is 5.32 Å². The molecule has 0 radical (unpaired) electrons. The number of methoxy groups -OCH3 is 1. The third kappa shape index (κ3) is 3.35. The van der Waals surface area contributed by atoms with Gasteiger partial charge in [0, 0.05) is 19.0 Å². The van der Waals surface area contributed by atoms with Gasteiger partial charge in [0.25, 0.3) is 0 Å². The van der Waals surface area contributed by atoms with Crippen molar-refractivity contribution >= 4 is 17.5 Å². The Morgan fingerprint density at radius 2 is 2.14 bits per heavy atom. The second kappa shape index (κ2) is 6.16. The summed E-state index contributed by atoms with van der Waals surface area (Å²) in [6, 6.07) is 5.78. The summed E-state index contributed by atoms with van der Waals surface area (Å²) < 4.78 is 5.33. The van der Waals surface area contributed by atoms with Gasteiger partial charge in [-0.05, 0) is 38.5 Å². The molecular weight excluding hydrogens is 268 g/mol. The average molecular weight is 290 g/mol. The molecule has 0 aliphatic carbocycles. The van der Waals surface area contributed by atoms with Crippen LogP contribution in [-0.2, 0) is 9.59 Å². The molecule has 1 saturated heterocycles. The lowest BCUT2D eigenvalue weighted by Gasteiger charge is -2.20. The number of nitrogens with zero attached hydrogens (tertiary/aromatic N) is 1. The molecule has 1 aliphatic rings. The van der Waals surface area contributed by atoms with E-state index in [1.165, 1.54) is 0 Å². The summed E-state index contributed by atoms with van der Waals surface area (Å²) in [5.74, 6) is 0.249. The van der Waals surface area contributed by atoms with E-state index in [0.717, 1.165) is 11.3 Å². The minimum absolute atomic E-state index is 0.0391. The zero-order valence-electron chi connectivity index (χ0n) is 13.0. The first-order valence-corrected chi connectivity index (χ1v) is 7.17. The van der Waals surface area contributed by atoms with Crippen molar-refractivity contribution < 1.29 is 14.3 Å². The van der Waals surface area contributed by atoms with Crippen molar-refractivity contribution in [1.82, 2.24) is 5.32 Å². The molecule has 114 valence electrons. The van der Waals surface area contributed by atoms with E-state index in [0.29, 0.717) is 12.3 Å². The standard InChI is InChI=1S/C16H22N2O3/c1-10(2)17-16(20)12-8-15(19)18(9-12)13-7-11(3)5-6-14(13)21-4/h5-7,10,12H,8-9H2,1-4H3,(H,17,20)/t12-/m1/s1. The molecule has 5 heteroatoms.